The Morgan fingerprint density at radius 1 is 1.26 bits per heavy atom. The zero-order chi connectivity index (χ0) is 17.8. The van der Waals surface area contributed by atoms with E-state index < -0.39 is 27.5 Å². The zero-order valence-electron chi connectivity index (χ0n) is 14.1. The van der Waals surface area contributed by atoms with Crippen LogP contribution in [0.25, 0.3) is 0 Å². The molecule has 1 aliphatic rings. The summed E-state index contributed by atoms with van der Waals surface area (Å²) in [6.07, 6.45) is -0.220. The fourth-order valence-corrected chi connectivity index (χ4v) is 3.22. The SMILES string of the molecule is CC(C)(C)N(C(=O)O)[C@@H](CCS(C)(=O)=O)C(=O)N1CCOCC1. The lowest BCUT2D eigenvalue weighted by Gasteiger charge is -2.41. The summed E-state index contributed by atoms with van der Waals surface area (Å²) in [5.74, 6) is -0.609. The molecular formula is C14H26N2O6S. The van der Waals surface area contributed by atoms with Crippen LogP contribution in [0.4, 0.5) is 4.79 Å². The largest absolute Gasteiger partial charge is 0.465 e. The van der Waals surface area contributed by atoms with Gasteiger partial charge in [0.25, 0.3) is 0 Å². The Bertz CT molecular complexity index is 534. The lowest BCUT2D eigenvalue weighted by Crippen LogP contribution is -2.59. The third kappa shape index (κ3) is 5.98. The molecule has 1 fully saturated rings. The molecule has 1 N–H and O–H groups in total. The van der Waals surface area contributed by atoms with E-state index in [-0.39, 0.29) is 18.1 Å². The normalized spacial score (nSPS) is 17.7. The minimum atomic E-state index is -3.30. The maximum absolute atomic E-state index is 12.8. The number of carbonyl (C=O) groups excluding carboxylic acids is 1. The van der Waals surface area contributed by atoms with Crippen molar-refractivity contribution in [2.45, 2.75) is 38.8 Å². The van der Waals surface area contributed by atoms with E-state index in [9.17, 15) is 23.1 Å². The maximum Gasteiger partial charge on any atom is 0.408 e. The number of rotatable bonds is 5. The van der Waals surface area contributed by atoms with Gasteiger partial charge in [-0.1, -0.05) is 0 Å². The van der Waals surface area contributed by atoms with E-state index in [1.54, 1.807) is 20.8 Å². The standard InChI is InChI=1S/C14H26N2O6S/c1-14(2,3)16(13(18)19)11(5-10-23(4,20)21)12(17)15-6-8-22-9-7-15/h11H,5-10H2,1-4H3,(H,18,19)/t11-/m0/s1. The molecule has 0 aliphatic carbocycles. The maximum atomic E-state index is 12.8. The number of sulfone groups is 1. The highest BCUT2D eigenvalue weighted by Gasteiger charge is 2.39. The summed E-state index contributed by atoms with van der Waals surface area (Å²) >= 11 is 0. The van der Waals surface area contributed by atoms with Crippen molar-refractivity contribution >= 4 is 21.8 Å². The summed E-state index contributed by atoms with van der Waals surface area (Å²) in [6.45, 7) is 6.60. The molecule has 0 radical (unpaired) electrons. The predicted octanol–water partition coefficient (Wildman–Crippen LogP) is 0.427. The number of ether oxygens (including phenoxy) is 1. The highest BCUT2D eigenvalue weighted by molar-refractivity contribution is 7.90. The Labute approximate surface area is 137 Å². The first kappa shape index (κ1) is 19.7. The molecule has 0 aromatic heterocycles. The van der Waals surface area contributed by atoms with Crippen molar-refractivity contribution in [1.82, 2.24) is 9.80 Å². The smallest absolute Gasteiger partial charge is 0.408 e. The van der Waals surface area contributed by atoms with Gasteiger partial charge in [-0.3, -0.25) is 9.69 Å². The average molecular weight is 350 g/mol. The predicted molar refractivity (Wildman–Crippen MR) is 85.1 cm³/mol. The first-order chi connectivity index (χ1) is 10.4. The summed E-state index contributed by atoms with van der Waals surface area (Å²) in [4.78, 5) is 27.1. The van der Waals surface area contributed by atoms with Crippen LogP contribution in [0.15, 0.2) is 0 Å². The van der Waals surface area contributed by atoms with E-state index in [0.717, 1.165) is 11.2 Å². The molecular weight excluding hydrogens is 324 g/mol. The topological polar surface area (TPSA) is 104 Å². The minimum Gasteiger partial charge on any atom is -0.465 e. The van der Waals surface area contributed by atoms with Crippen molar-refractivity contribution in [1.29, 1.82) is 0 Å². The van der Waals surface area contributed by atoms with Crippen LogP contribution >= 0.6 is 0 Å². The van der Waals surface area contributed by atoms with Crippen molar-refractivity contribution in [3.05, 3.63) is 0 Å². The summed E-state index contributed by atoms with van der Waals surface area (Å²) in [5.41, 5.74) is -0.823. The molecule has 23 heavy (non-hydrogen) atoms. The van der Waals surface area contributed by atoms with Crippen molar-refractivity contribution < 1.29 is 27.9 Å². The molecule has 9 heteroatoms. The molecule has 0 bridgehead atoms. The molecule has 1 rings (SSSR count). The van der Waals surface area contributed by atoms with Crippen LogP contribution in [0, 0.1) is 0 Å². The van der Waals surface area contributed by atoms with Crippen molar-refractivity contribution in [3.8, 4) is 0 Å². The average Bonchev–Trinajstić information content (AvgIpc) is 2.40. The first-order valence-electron chi connectivity index (χ1n) is 7.50. The number of carbonyl (C=O) groups is 2. The zero-order valence-corrected chi connectivity index (χ0v) is 14.9. The van der Waals surface area contributed by atoms with Gasteiger partial charge in [-0.15, -0.1) is 0 Å². The molecule has 0 spiro atoms. The fraction of sp³-hybridized carbons (Fsp3) is 0.857. The van der Waals surface area contributed by atoms with E-state index in [2.05, 4.69) is 0 Å². The summed E-state index contributed by atoms with van der Waals surface area (Å²) in [6, 6.07) is -1.03. The Hall–Kier alpha value is -1.35. The molecule has 2 amide bonds. The summed E-state index contributed by atoms with van der Waals surface area (Å²) in [5, 5.41) is 9.54. The number of morpholine rings is 1. The highest BCUT2D eigenvalue weighted by atomic mass is 32.2. The number of hydrogen-bond acceptors (Lipinski definition) is 5. The van der Waals surface area contributed by atoms with Gasteiger partial charge in [0, 0.05) is 24.9 Å². The van der Waals surface area contributed by atoms with Crippen LogP contribution in [0.5, 0.6) is 0 Å². The lowest BCUT2D eigenvalue weighted by molar-refractivity contribution is -0.142. The Balaban J connectivity index is 3.08. The van der Waals surface area contributed by atoms with Gasteiger partial charge in [0.15, 0.2) is 0 Å². The fourth-order valence-electron chi connectivity index (χ4n) is 2.57. The highest BCUT2D eigenvalue weighted by Crippen LogP contribution is 2.22. The van der Waals surface area contributed by atoms with E-state index in [0.29, 0.717) is 26.3 Å². The lowest BCUT2D eigenvalue weighted by atomic mass is 10.0. The molecule has 1 atom stereocenters. The third-order valence-corrected chi connectivity index (χ3v) is 4.59. The molecule has 1 saturated heterocycles. The molecule has 8 nitrogen and oxygen atoms in total. The van der Waals surface area contributed by atoms with E-state index in [4.69, 9.17) is 4.74 Å². The second-order valence-corrected chi connectivity index (χ2v) is 8.96. The summed E-state index contributed by atoms with van der Waals surface area (Å²) < 4.78 is 28.1. The Morgan fingerprint density at radius 3 is 2.17 bits per heavy atom. The van der Waals surface area contributed by atoms with Crippen LogP contribution in [-0.2, 0) is 19.4 Å². The van der Waals surface area contributed by atoms with Gasteiger partial charge in [0.2, 0.25) is 5.91 Å². The van der Waals surface area contributed by atoms with Gasteiger partial charge in [-0.2, -0.15) is 0 Å². The Kier molecular flexibility index (Phi) is 6.41. The second-order valence-electron chi connectivity index (χ2n) is 6.70. The molecule has 1 aliphatic heterocycles. The minimum absolute atomic E-state index is 0.0570. The van der Waals surface area contributed by atoms with Crippen LogP contribution in [-0.4, -0.2) is 85.2 Å². The third-order valence-electron chi connectivity index (χ3n) is 3.61. The van der Waals surface area contributed by atoms with Gasteiger partial charge in [0.1, 0.15) is 15.9 Å². The second kappa shape index (κ2) is 7.48. The molecule has 0 saturated carbocycles. The Morgan fingerprint density at radius 2 is 1.78 bits per heavy atom. The van der Waals surface area contributed by atoms with Gasteiger partial charge in [-0.05, 0) is 27.2 Å². The van der Waals surface area contributed by atoms with Gasteiger partial charge in [-0.25, -0.2) is 13.2 Å². The van der Waals surface area contributed by atoms with Crippen LogP contribution < -0.4 is 0 Å². The van der Waals surface area contributed by atoms with Crippen LogP contribution in [0.1, 0.15) is 27.2 Å². The molecule has 1 heterocycles. The van der Waals surface area contributed by atoms with Crippen molar-refractivity contribution in [2.75, 3.05) is 38.3 Å². The van der Waals surface area contributed by atoms with E-state index >= 15 is 0 Å². The van der Waals surface area contributed by atoms with Gasteiger partial charge >= 0.3 is 6.09 Å². The van der Waals surface area contributed by atoms with Gasteiger partial charge < -0.3 is 14.7 Å². The van der Waals surface area contributed by atoms with Crippen LogP contribution in [0.2, 0.25) is 0 Å². The molecule has 0 aromatic carbocycles. The van der Waals surface area contributed by atoms with E-state index in [1.807, 2.05) is 0 Å². The molecule has 0 unspecified atom stereocenters. The molecule has 0 aromatic rings. The number of nitrogens with zero attached hydrogens (tertiary/aromatic N) is 2. The number of amides is 2. The van der Waals surface area contributed by atoms with Gasteiger partial charge in [0.05, 0.1) is 19.0 Å². The van der Waals surface area contributed by atoms with Crippen molar-refractivity contribution in [3.63, 3.8) is 0 Å². The molecule has 134 valence electrons. The quantitative estimate of drug-likeness (QED) is 0.771. The van der Waals surface area contributed by atoms with Crippen molar-refractivity contribution in [2.24, 2.45) is 0 Å². The summed E-state index contributed by atoms with van der Waals surface area (Å²) in [7, 11) is -3.30. The number of carboxylic acid groups (broad SMARTS) is 1. The van der Waals surface area contributed by atoms with E-state index in [1.165, 1.54) is 4.90 Å². The number of hydrogen-bond donors (Lipinski definition) is 1. The first-order valence-corrected chi connectivity index (χ1v) is 9.56. The van der Waals surface area contributed by atoms with Crippen LogP contribution in [0.3, 0.4) is 0 Å². The monoisotopic (exact) mass is 350 g/mol.